The normalized spacial score (nSPS) is 13.5. The lowest BCUT2D eigenvalue weighted by atomic mass is 9.97. The number of halogens is 2. The smallest absolute Gasteiger partial charge is 0.119 e. The van der Waals surface area contributed by atoms with Gasteiger partial charge in [-0.15, -0.1) is 0 Å². The van der Waals surface area contributed by atoms with Gasteiger partial charge in [0.2, 0.25) is 0 Å². The number of allylic oxidation sites excluding steroid dienone is 2. The molecule has 1 aliphatic rings. The van der Waals surface area contributed by atoms with E-state index in [1.54, 1.807) is 7.11 Å². The lowest BCUT2D eigenvalue weighted by molar-refractivity contribution is 0.414. The standard InChI is InChI=1S/C18H16Br2O/c1-21-14-7-6-13-8-12-4-2-3-5-15(12)17(10-19)18(11-20)16(13)9-14/h2-7,9H,8,10-11H2,1H3. The zero-order valence-corrected chi connectivity index (χ0v) is 15.0. The molecule has 0 atom stereocenters. The van der Waals surface area contributed by atoms with Gasteiger partial charge in [-0.1, -0.05) is 62.2 Å². The molecule has 0 radical (unpaired) electrons. The third kappa shape index (κ3) is 2.69. The van der Waals surface area contributed by atoms with Crippen LogP contribution in [0.4, 0.5) is 0 Å². The fourth-order valence-corrected chi connectivity index (χ4v) is 4.20. The van der Waals surface area contributed by atoms with Gasteiger partial charge in [0.1, 0.15) is 5.75 Å². The number of ether oxygens (including phenoxy) is 1. The lowest BCUT2D eigenvalue weighted by Gasteiger charge is -2.13. The van der Waals surface area contributed by atoms with Crippen LogP contribution in [0.5, 0.6) is 5.75 Å². The summed E-state index contributed by atoms with van der Waals surface area (Å²) < 4.78 is 5.41. The zero-order chi connectivity index (χ0) is 14.8. The Morgan fingerprint density at radius 3 is 2.29 bits per heavy atom. The van der Waals surface area contributed by atoms with Crippen molar-refractivity contribution in [2.75, 3.05) is 17.8 Å². The SMILES string of the molecule is COc1ccc2c(c1)C(CBr)=C(CBr)c1ccccc1C2. The minimum absolute atomic E-state index is 0.836. The highest BCUT2D eigenvalue weighted by atomic mass is 79.9. The highest BCUT2D eigenvalue weighted by molar-refractivity contribution is 9.09. The average Bonchev–Trinajstić information content (AvgIpc) is 2.67. The van der Waals surface area contributed by atoms with Crippen LogP contribution in [0.2, 0.25) is 0 Å². The van der Waals surface area contributed by atoms with Gasteiger partial charge in [-0.05, 0) is 52.0 Å². The van der Waals surface area contributed by atoms with Crippen molar-refractivity contribution in [3.05, 3.63) is 64.7 Å². The predicted molar refractivity (Wildman–Crippen MR) is 96.6 cm³/mol. The molecule has 0 bridgehead atoms. The number of alkyl halides is 2. The number of hydrogen-bond donors (Lipinski definition) is 0. The summed E-state index contributed by atoms with van der Waals surface area (Å²) in [5.41, 5.74) is 8.07. The van der Waals surface area contributed by atoms with Crippen LogP contribution in [-0.4, -0.2) is 17.8 Å². The molecular weight excluding hydrogens is 392 g/mol. The molecule has 1 nitrogen and oxygen atoms in total. The molecule has 0 spiro atoms. The van der Waals surface area contributed by atoms with Gasteiger partial charge in [0.25, 0.3) is 0 Å². The second-order valence-electron chi connectivity index (χ2n) is 5.08. The van der Waals surface area contributed by atoms with E-state index >= 15 is 0 Å². The molecule has 0 aliphatic heterocycles. The average molecular weight is 408 g/mol. The van der Waals surface area contributed by atoms with Crippen LogP contribution in [0.25, 0.3) is 11.1 Å². The van der Waals surface area contributed by atoms with Gasteiger partial charge < -0.3 is 4.74 Å². The predicted octanol–water partition coefficient (Wildman–Crippen LogP) is 5.30. The Morgan fingerprint density at radius 1 is 0.905 bits per heavy atom. The second-order valence-corrected chi connectivity index (χ2v) is 6.20. The summed E-state index contributed by atoms with van der Waals surface area (Å²) in [6.45, 7) is 0. The van der Waals surface area contributed by atoms with Gasteiger partial charge in [0.05, 0.1) is 7.11 Å². The first-order valence-electron chi connectivity index (χ1n) is 6.88. The number of benzene rings is 2. The summed E-state index contributed by atoms with van der Waals surface area (Å²) in [4.78, 5) is 0. The summed E-state index contributed by atoms with van der Waals surface area (Å²) in [7, 11) is 1.72. The molecule has 0 N–H and O–H groups in total. The molecule has 21 heavy (non-hydrogen) atoms. The molecule has 0 fully saturated rings. The van der Waals surface area contributed by atoms with E-state index in [1.165, 1.54) is 33.4 Å². The van der Waals surface area contributed by atoms with Crippen molar-refractivity contribution in [1.29, 1.82) is 0 Å². The molecule has 1 aliphatic carbocycles. The van der Waals surface area contributed by atoms with Crippen molar-refractivity contribution < 1.29 is 4.74 Å². The molecule has 108 valence electrons. The van der Waals surface area contributed by atoms with Crippen molar-refractivity contribution >= 4 is 43.0 Å². The fourth-order valence-electron chi connectivity index (χ4n) is 2.92. The van der Waals surface area contributed by atoms with Crippen molar-refractivity contribution in [2.45, 2.75) is 6.42 Å². The molecule has 2 aromatic carbocycles. The van der Waals surface area contributed by atoms with Crippen LogP contribution in [-0.2, 0) is 6.42 Å². The Kier molecular flexibility index (Phi) is 4.51. The van der Waals surface area contributed by atoms with Gasteiger partial charge in [-0.3, -0.25) is 0 Å². The summed E-state index contributed by atoms with van der Waals surface area (Å²) in [5, 5.41) is 1.68. The van der Waals surface area contributed by atoms with Crippen molar-refractivity contribution in [3.63, 3.8) is 0 Å². The second kappa shape index (κ2) is 6.37. The topological polar surface area (TPSA) is 9.23 Å². The maximum atomic E-state index is 5.41. The Morgan fingerprint density at radius 2 is 1.57 bits per heavy atom. The molecule has 0 amide bonds. The Hall–Kier alpha value is -1.06. The fraction of sp³-hybridized carbons (Fsp3) is 0.222. The molecule has 0 saturated carbocycles. The summed E-state index contributed by atoms with van der Waals surface area (Å²) in [6, 6.07) is 15.1. The van der Waals surface area contributed by atoms with Crippen molar-refractivity contribution in [1.82, 2.24) is 0 Å². The van der Waals surface area contributed by atoms with Crippen LogP contribution in [0.3, 0.4) is 0 Å². The summed E-state index contributed by atoms with van der Waals surface area (Å²) in [5.74, 6) is 0.909. The van der Waals surface area contributed by atoms with Gasteiger partial charge in [0, 0.05) is 10.7 Å². The van der Waals surface area contributed by atoms with Gasteiger partial charge in [0.15, 0.2) is 0 Å². The first-order valence-corrected chi connectivity index (χ1v) is 9.12. The van der Waals surface area contributed by atoms with E-state index in [-0.39, 0.29) is 0 Å². The molecule has 2 aromatic rings. The van der Waals surface area contributed by atoms with Gasteiger partial charge in [-0.25, -0.2) is 0 Å². The van der Waals surface area contributed by atoms with Crippen LogP contribution in [0.1, 0.15) is 22.3 Å². The molecule has 3 rings (SSSR count). The van der Waals surface area contributed by atoms with Gasteiger partial charge in [-0.2, -0.15) is 0 Å². The monoisotopic (exact) mass is 406 g/mol. The molecule has 0 saturated heterocycles. The highest BCUT2D eigenvalue weighted by Gasteiger charge is 2.20. The van der Waals surface area contributed by atoms with E-state index in [0.29, 0.717) is 0 Å². The molecule has 3 heteroatoms. The number of fused-ring (bicyclic) bond motifs is 2. The van der Waals surface area contributed by atoms with Crippen LogP contribution in [0.15, 0.2) is 42.5 Å². The third-order valence-corrected chi connectivity index (χ3v) is 5.12. The molecular formula is C18H16Br2O. The van der Waals surface area contributed by atoms with Crippen LogP contribution >= 0.6 is 31.9 Å². The maximum absolute atomic E-state index is 5.41. The van der Waals surface area contributed by atoms with Crippen LogP contribution in [0, 0.1) is 0 Å². The number of hydrogen-bond acceptors (Lipinski definition) is 1. The minimum Gasteiger partial charge on any atom is -0.497 e. The lowest BCUT2D eigenvalue weighted by Crippen LogP contribution is -1.96. The minimum atomic E-state index is 0.836. The first kappa shape index (κ1) is 14.9. The summed E-state index contributed by atoms with van der Waals surface area (Å²) >= 11 is 7.35. The Bertz CT molecular complexity index is 704. The largest absolute Gasteiger partial charge is 0.497 e. The maximum Gasteiger partial charge on any atom is 0.119 e. The van der Waals surface area contributed by atoms with E-state index < -0.39 is 0 Å². The van der Waals surface area contributed by atoms with Crippen molar-refractivity contribution in [2.24, 2.45) is 0 Å². The third-order valence-electron chi connectivity index (χ3n) is 4.00. The highest BCUT2D eigenvalue weighted by Crippen LogP contribution is 2.38. The van der Waals surface area contributed by atoms with Crippen LogP contribution < -0.4 is 4.74 Å². The molecule has 0 unspecified atom stereocenters. The quantitative estimate of drug-likeness (QED) is 0.627. The van der Waals surface area contributed by atoms with E-state index in [1.807, 2.05) is 6.07 Å². The van der Waals surface area contributed by atoms with E-state index in [0.717, 1.165) is 22.8 Å². The van der Waals surface area contributed by atoms with Gasteiger partial charge >= 0.3 is 0 Å². The molecule has 0 aromatic heterocycles. The first-order chi connectivity index (χ1) is 10.3. The van der Waals surface area contributed by atoms with E-state index in [9.17, 15) is 0 Å². The molecule has 0 heterocycles. The number of methoxy groups -OCH3 is 1. The zero-order valence-electron chi connectivity index (χ0n) is 11.8. The van der Waals surface area contributed by atoms with E-state index in [4.69, 9.17) is 4.74 Å². The van der Waals surface area contributed by atoms with Crippen molar-refractivity contribution in [3.8, 4) is 5.75 Å². The Balaban J connectivity index is 2.31. The summed E-state index contributed by atoms with van der Waals surface area (Å²) in [6.07, 6.45) is 0.961. The van der Waals surface area contributed by atoms with E-state index in [2.05, 4.69) is 68.3 Å². The number of rotatable bonds is 3. The Labute approximate surface area is 142 Å².